The van der Waals surface area contributed by atoms with E-state index >= 15 is 0 Å². The molecule has 0 bridgehead atoms. The van der Waals surface area contributed by atoms with Crippen molar-refractivity contribution in [3.05, 3.63) is 0 Å². The molecule has 0 aromatic rings. The van der Waals surface area contributed by atoms with Gasteiger partial charge in [0.2, 0.25) is 0 Å². The first-order valence-corrected chi connectivity index (χ1v) is 3.04. The molecule has 2 heteroatoms. The summed E-state index contributed by atoms with van der Waals surface area (Å²) >= 11 is 0. The quantitative estimate of drug-likeness (QED) is 0.320. The largest absolute Gasteiger partial charge is 0.397 e. The Morgan fingerprint density at radius 1 is 2.00 bits per heavy atom. The van der Waals surface area contributed by atoms with E-state index in [4.69, 9.17) is 11.5 Å². The van der Waals surface area contributed by atoms with Gasteiger partial charge in [0.05, 0.1) is 0 Å². The zero-order valence-corrected chi connectivity index (χ0v) is 5.81. The summed E-state index contributed by atoms with van der Waals surface area (Å²) in [7, 11) is 0.792. The number of hydrogen-bond donors (Lipinski definition) is 1. The van der Waals surface area contributed by atoms with Crippen molar-refractivity contribution in [2.45, 2.75) is 12.1 Å². The molecule has 0 heterocycles. The summed E-state index contributed by atoms with van der Waals surface area (Å²) in [4.78, 5) is 0. The van der Waals surface area contributed by atoms with Crippen molar-refractivity contribution in [1.82, 2.24) is 0 Å². The smallest absolute Gasteiger partial charge is 0.0456 e. The Morgan fingerprint density at radius 2 is 2.50 bits per heavy atom. The van der Waals surface area contributed by atoms with Crippen molar-refractivity contribution in [2.75, 3.05) is 0 Å². The van der Waals surface area contributed by atoms with Gasteiger partial charge in [0.25, 0.3) is 0 Å². The molecule has 1 unspecified atom stereocenters. The van der Waals surface area contributed by atoms with Crippen LogP contribution in [0.5, 0.6) is 0 Å². The molecule has 0 amide bonds. The van der Waals surface area contributed by atoms with E-state index in [2.05, 4.69) is 5.92 Å². The predicted octanol–water partition coefficient (Wildman–Crippen LogP) is -1.31. The third-order valence-electron chi connectivity index (χ3n) is 0.413. The van der Waals surface area contributed by atoms with Gasteiger partial charge < -0.3 is 5.11 Å². The first-order chi connectivity index (χ1) is 2.77. The molecule has 0 aliphatic rings. The third-order valence-corrected chi connectivity index (χ3v) is 0.822. The molecule has 0 aliphatic heterocycles. The highest BCUT2D eigenvalue weighted by Crippen LogP contribution is 1.77. The van der Waals surface area contributed by atoms with Crippen LogP contribution in [0.15, 0.2) is 0 Å². The van der Waals surface area contributed by atoms with Crippen molar-refractivity contribution >= 4 is 10.2 Å². The zero-order chi connectivity index (χ0) is 4.99. The summed E-state index contributed by atoms with van der Waals surface area (Å²) in [6, 6.07) is 0. The molecule has 1 nitrogen and oxygen atoms in total. The minimum absolute atomic E-state index is 0.199. The Labute approximate surface area is 40.8 Å². The number of aliphatic hydroxyl groups excluding tert-OH is 1. The average Bonchev–Trinajstić information content (AvgIpc) is 1.35. The van der Waals surface area contributed by atoms with Crippen LogP contribution in [0.25, 0.3) is 0 Å². The standard InChI is InChI=1S/C4H8OSi/c1-2-3-4(5)6/h1,4-5H,3H2,6H3. The van der Waals surface area contributed by atoms with Gasteiger partial charge in [-0.1, -0.05) is 0 Å². The Bertz CT molecular complexity index is 62.4. The van der Waals surface area contributed by atoms with E-state index in [1.807, 2.05) is 0 Å². The molecule has 0 saturated carbocycles. The fourth-order valence-electron chi connectivity index (χ4n) is 0.171. The molecule has 0 aromatic heterocycles. The molecule has 0 aliphatic carbocycles. The molecule has 0 radical (unpaired) electrons. The van der Waals surface area contributed by atoms with Gasteiger partial charge in [-0.2, -0.15) is 0 Å². The monoisotopic (exact) mass is 100 g/mol. The summed E-state index contributed by atoms with van der Waals surface area (Å²) in [6.07, 6.45) is 5.36. The van der Waals surface area contributed by atoms with Gasteiger partial charge in [-0.05, 0) is 0 Å². The fraction of sp³-hybridized carbons (Fsp3) is 0.500. The second kappa shape index (κ2) is 2.95. The highest BCUT2D eigenvalue weighted by atomic mass is 28.1. The Hall–Kier alpha value is -0.263. The van der Waals surface area contributed by atoms with Crippen LogP contribution in [-0.4, -0.2) is 21.1 Å². The highest BCUT2D eigenvalue weighted by Gasteiger charge is 1.85. The predicted molar refractivity (Wildman–Crippen MR) is 29.4 cm³/mol. The van der Waals surface area contributed by atoms with Crippen LogP contribution in [0.4, 0.5) is 0 Å². The van der Waals surface area contributed by atoms with Gasteiger partial charge >= 0.3 is 0 Å². The molecule has 0 aromatic carbocycles. The molecule has 1 N–H and O–H groups in total. The van der Waals surface area contributed by atoms with Crippen LogP contribution in [0.3, 0.4) is 0 Å². The molecular formula is C4H8OSi. The number of rotatable bonds is 1. The van der Waals surface area contributed by atoms with E-state index in [9.17, 15) is 0 Å². The summed E-state index contributed by atoms with van der Waals surface area (Å²) in [5.74, 6) is 2.35. The molecule has 0 spiro atoms. The van der Waals surface area contributed by atoms with Crippen LogP contribution < -0.4 is 0 Å². The molecule has 0 fully saturated rings. The van der Waals surface area contributed by atoms with Crippen molar-refractivity contribution < 1.29 is 5.11 Å². The maximum Gasteiger partial charge on any atom is 0.0456 e. The highest BCUT2D eigenvalue weighted by molar-refractivity contribution is 6.10. The molecule has 0 saturated heterocycles. The second-order valence-corrected chi connectivity index (χ2v) is 2.59. The van der Waals surface area contributed by atoms with E-state index in [1.54, 1.807) is 0 Å². The lowest BCUT2D eigenvalue weighted by Gasteiger charge is -1.90. The van der Waals surface area contributed by atoms with Crippen LogP contribution in [-0.2, 0) is 0 Å². The van der Waals surface area contributed by atoms with Crippen molar-refractivity contribution in [1.29, 1.82) is 0 Å². The van der Waals surface area contributed by atoms with Gasteiger partial charge in [-0.3, -0.25) is 0 Å². The van der Waals surface area contributed by atoms with Crippen molar-refractivity contribution in [3.8, 4) is 12.3 Å². The van der Waals surface area contributed by atoms with E-state index in [0.717, 1.165) is 10.2 Å². The first kappa shape index (κ1) is 5.74. The van der Waals surface area contributed by atoms with Gasteiger partial charge in [0.15, 0.2) is 0 Å². The minimum Gasteiger partial charge on any atom is -0.397 e. The van der Waals surface area contributed by atoms with Crippen molar-refractivity contribution in [3.63, 3.8) is 0 Å². The number of terminal acetylenes is 1. The first-order valence-electron chi connectivity index (χ1n) is 1.89. The summed E-state index contributed by atoms with van der Waals surface area (Å²) in [5, 5.41) is 8.47. The third kappa shape index (κ3) is 3.74. The van der Waals surface area contributed by atoms with Crippen LogP contribution in [0.1, 0.15) is 6.42 Å². The number of aliphatic hydroxyl groups is 1. The average molecular weight is 100 g/mol. The molecular weight excluding hydrogens is 92.1 g/mol. The lowest BCUT2D eigenvalue weighted by molar-refractivity contribution is 0.262. The van der Waals surface area contributed by atoms with Crippen molar-refractivity contribution in [2.24, 2.45) is 0 Å². The van der Waals surface area contributed by atoms with E-state index < -0.39 is 0 Å². The summed E-state index contributed by atoms with van der Waals surface area (Å²) in [6.45, 7) is 0. The van der Waals surface area contributed by atoms with Crippen LogP contribution >= 0.6 is 0 Å². The summed E-state index contributed by atoms with van der Waals surface area (Å²) < 4.78 is 0. The minimum atomic E-state index is -0.199. The SMILES string of the molecule is C#CCC(O)[SiH3]. The van der Waals surface area contributed by atoms with E-state index in [1.165, 1.54) is 0 Å². The van der Waals surface area contributed by atoms with Gasteiger partial charge in [-0.25, -0.2) is 0 Å². The number of hydrogen-bond acceptors (Lipinski definition) is 1. The Morgan fingerprint density at radius 3 is 2.50 bits per heavy atom. The maximum atomic E-state index is 8.47. The molecule has 6 heavy (non-hydrogen) atoms. The van der Waals surface area contributed by atoms with E-state index in [0.29, 0.717) is 6.42 Å². The lowest BCUT2D eigenvalue weighted by atomic mass is 10.5. The fourth-order valence-corrected chi connectivity index (χ4v) is 0.406. The maximum absolute atomic E-state index is 8.47. The van der Waals surface area contributed by atoms with Crippen LogP contribution in [0, 0.1) is 12.3 Å². The Kier molecular flexibility index (Phi) is 2.82. The summed E-state index contributed by atoms with van der Waals surface area (Å²) in [5.41, 5.74) is -0.199. The zero-order valence-electron chi connectivity index (χ0n) is 3.81. The van der Waals surface area contributed by atoms with E-state index in [-0.39, 0.29) is 5.73 Å². The lowest BCUT2D eigenvalue weighted by Crippen LogP contribution is -2.01. The van der Waals surface area contributed by atoms with Gasteiger partial charge in [-0.15, -0.1) is 12.3 Å². The van der Waals surface area contributed by atoms with Crippen LogP contribution in [0.2, 0.25) is 0 Å². The molecule has 1 atom stereocenters. The van der Waals surface area contributed by atoms with Gasteiger partial charge in [0, 0.05) is 22.4 Å². The van der Waals surface area contributed by atoms with Gasteiger partial charge in [0.1, 0.15) is 0 Å². The molecule has 0 rings (SSSR count). The topological polar surface area (TPSA) is 20.2 Å². The normalized spacial score (nSPS) is 13.3. The second-order valence-electron chi connectivity index (χ2n) is 1.26. The Balaban J connectivity index is 2.88. The molecule has 34 valence electrons.